The van der Waals surface area contributed by atoms with E-state index in [2.05, 4.69) is 0 Å². The van der Waals surface area contributed by atoms with Gasteiger partial charge in [-0.3, -0.25) is 14.4 Å². The molecule has 0 N–H and O–H groups in total. The highest BCUT2D eigenvalue weighted by Gasteiger charge is 2.22. The van der Waals surface area contributed by atoms with Crippen LogP contribution in [0, 0.1) is 0 Å². The predicted molar refractivity (Wildman–Crippen MR) is 93.4 cm³/mol. The summed E-state index contributed by atoms with van der Waals surface area (Å²) < 4.78 is 2.84. The summed E-state index contributed by atoms with van der Waals surface area (Å²) in [5, 5.41) is 2.67. The number of carbonyl (C=O) groups is 1. The molecule has 0 atom stereocenters. The van der Waals surface area contributed by atoms with Crippen LogP contribution in [0.4, 0.5) is 0 Å². The molecular formula is C19H16N2O3. The first-order chi connectivity index (χ1) is 11.5. The van der Waals surface area contributed by atoms with Crippen LogP contribution in [-0.4, -0.2) is 15.1 Å². The van der Waals surface area contributed by atoms with Crippen LogP contribution in [-0.2, 0) is 17.9 Å². The Morgan fingerprint density at radius 1 is 0.917 bits per heavy atom. The molecule has 0 saturated carbocycles. The molecule has 5 heteroatoms. The molecule has 0 unspecified atom stereocenters. The number of hydrogen-bond acceptors (Lipinski definition) is 3. The van der Waals surface area contributed by atoms with E-state index in [0.717, 1.165) is 16.3 Å². The maximum Gasteiger partial charge on any atom is 0.273 e. The fourth-order valence-corrected chi connectivity index (χ4v) is 3.42. The van der Waals surface area contributed by atoms with Gasteiger partial charge in [-0.25, -0.2) is 9.36 Å². The van der Waals surface area contributed by atoms with E-state index >= 15 is 0 Å². The standard InChI is InChI=1S/C19H16N2O3/c1-11-9-20-18(23)15-7-13-5-3-4-6-14(13)8-16(15)19(24)21(20)10-17(11)12(2)22/h3-8H,9-10H2,1-2H3. The van der Waals surface area contributed by atoms with E-state index in [4.69, 9.17) is 0 Å². The SMILES string of the molecule is CC(=O)C1=C(C)Cn2c(=O)c3cc4ccccc4cc3c(=O)n2C1. The quantitative estimate of drug-likeness (QED) is 0.646. The third-order valence-electron chi connectivity index (χ3n) is 4.74. The molecule has 120 valence electrons. The van der Waals surface area contributed by atoms with Crippen molar-refractivity contribution in [2.24, 2.45) is 0 Å². The van der Waals surface area contributed by atoms with Crippen molar-refractivity contribution in [3.8, 4) is 0 Å². The maximum absolute atomic E-state index is 12.9. The van der Waals surface area contributed by atoms with Gasteiger partial charge in [0.1, 0.15) is 0 Å². The molecule has 0 amide bonds. The Morgan fingerprint density at radius 3 is 1.92 bits per heavy atom. The molecule has 0 aliphatic carbocycles. The van der Waals surface area contributed by atoms with Crippen LogP contribution in [0.1, 0.15) is 13.8 Å². The van der Waals surface area contributed by atoms with Gasteiger partial charge < -0.3 is 0 Å². The molecule has 4 rings (SSSR count). The van der Waals surface area contributed by atoms with E-state index in [-0.39, 0.29) is 30.0 Å². The first-order valence-corrected chi connectivity index (χ1v) is 7.83. The van der Waals surface area contributed by atoms with E-state index in [1.54, 1.807) is 12.1 Å². The third-order valence-corrected chi connectivity index (χ3v) is 4.74. The van der Waals surface area contributed by atoms with Crippen LogP contribution < -0.4 is 11.1 Å². The average molecular weight is 320 g/mol. The Balaban J connectivity index is 2.10. The van der Waals surface area contributed by atoms with Crippen LogP contribution in [0.2, 0.25) is 0 Å². The second-order valence-electron chi connectivity index (χ2n) is 6.29. The maximum atomic E-state index is 12.9. The zero-order valence-corrected chi connectivity index (χ0v) is 13.5. The van der Waals surface area contributed by atoms with Gasteiger partial charge in [0.25, 0.3) is 11.1 Å². The van der Waals surface area contributed by atoms with E-state index in [9.17, 15) is 14.4 Å². The number of hydrogen-bond donors (Lipinski definition) is 0. The van der Waals surface area contributed by atoms with Gasteiger partial charge in [0.05, 0.1) is 23.9 Å². The van der Waals surface area contributed by atoms with Crippen LogP contribution >= 0.6 is 0 Å². The van der Waals surface area contributed by atoms with Crippen molar-refractivity contribution < 1.29 is 4.79 Å². The zero-order chi connectivity index (χ0) is 17.0. The van der Waals surface area contributed by atoms with Crippen LogP contribution in [0.5, 0.6) is 0 Å². The minimum atomic E-state index is -0.235. The third kappa shape index (κ3) is 1.98. The average Bonchev–Trinajstić information content (AvgIpc) is 2.57. The number of carbonyl (C=O) groups excluding carboxylic acids is 1. The van der Waals surface area contributed by atoms with Crippen molar-refractivity contribution in [1.82, 2.24) is 9.36 Å². The summed E-state index contributed by atoms with van der Waals surface area (Å²) in [6.07, 6.45) is 0. The largest absolute Gasteiger partial charge is 0.295 e. The van der Waals surface area contributed by atoms with Crippen molar-refractivity contribution in [1.29, 1.82) is 0 Å². The van der Waals surface area contributed by atoms with Gasteiger partial charge in [0, 0.05) is 5.57 Å². The highest BCUT2D eigenvalue weighted by Crippen LogP contribution is 2.20. The predicted octanol–water partition coefficient (Wildman–Crippen LogP) is 2.24. The lowest BCUT2D eigenvalue weighted by Crippen LogP contribution is -2.42. The number of Topliss-reactive ketones (excluding diaryl/α,β-unsaturated/α-hetero) is 1. The van der Waals surface area contributed by atoms with Crippen LogP contribution in [0.15, 0.2) is 57.1 Å². The molecule has 2 aromatic carbocycles. The molecule has 0 radical (unpaired) electrons. The molecule has 0 bridgehead atoms. The van der Waals surface area contributed by atoms with Gasteiger partial charge in [-0.1, -0.05) is 24.3 Å². The molecule has 1 aliphatic rings. The summed E-state index contributed by atoms with van der Waals surface area (Å²) in [6.45, 7) is 3.75. The monoisotopic (exact) mass is 320 g/mol. The number of allylic oxidation sites excluding steroid dienone is 2. The number of nitrogens with zero attached hydrogens (tertiary/aromatic N) is 2. The number of fused-ring (bicyclic) bond motifs is 3. The minimum absolute atomic E-state index is 0.0586. The van der Waals surface area contributed by atoms with Crippen molar-refractivity contribution in [3.63, 3.8) is 0 Å². The van der Waals surface area contributed by atoms with Crippen LogP contribution in [0.3, 0.4) is 0 Å². The molecular weight excluding hydrogens is 304 g/mol. The topological polar surface area (TPSA) is 61.1 Å². The number of benzene rings is 2. The van der Waals surface area contributed by atoms with Gasteiger partial charge in [-0.2, -0.15) is 0 Å². The molecule has 0 saturated heterocycles. The van der Waals surface area contributed by atoms with Crippen LogP contribution in [0.25, 0.3) is 21.5 Å². The summed E-state index contributed by atoms with van der Waals surface area (Å²) >= 11 is 0. The van der Waals surface area contributed by atoms with E-state index in [1.165, 1.54) is 16.3 Å². The van der Waals surface area contributed by atoms with Crippen molar-refractivity contribution in [2.75, 3.05) is 0 Å². The number of aromatic nitrogens is 2. The molecule has 5 nitrogen and oxygen atoms in total. The van der Waals surface area contributed by atoms with Crippen molar-refractivity contribution in [3.05, 3.63) is 68.3 Å². The molecule has 1 aliphatic heterocycles. The normalized spacial score (nSPS) is 14.2. The second-order valence-corrected chi connectivity index (χ2v) is 6.29. The number of ketones is 1. The molecule has 0 fully saturated rings. The van der Waals surface area contributed by atoms with E-state index < -0.39 is 0 Å². The molecule has 24 heavy (non-hydrogen) atoms. The fourth-order valence-electron chi connectivity index (χ4n) is 3.42. The Labute approximate surface area is 137 Å². The summed E-state index contributed by atoms with van der Waals surface area (Å²) in [5.41, 5.74) is 1.01. The lowest BCUT2D eigenvalue weighted by Gasteiger charge is -2.24. The Morgan fingerprint density at radius 2 is 1.42 bits per heavy atom. The highest BCUT2D eigenvalue weighted by atomic mass is 16.2. The molecule has 2 heterocycles. The van der Waals surface area contributed by atoms with E-state index in [0.29, 0.717) is 16.3 Å². The van der Waals surface area contributed by atoms with Gasteiger partial charge in [0.2, 0.25) is 0 Å². The fraction of sp³-hybridized carbons (Fsp3) is 0.211. The van der Waals surface area contributed by atoms with Gasteiger partial charge in [-0.05, 0) is 42.3 Å². The van der Waals surface area contributed by atoms with Gasteiger partial charge in [-0.15, -0.1) is 0 Å². The molecule has 3 aromatic rings. The van der Waals surface area contributed by atoms with Gasteiger partial charge in [0.15, 0.2) is 5.78 Å². The molecule has 0 spiro atoms. The van der Waals surface area contributed by atoms with Crippen molar-refractivity contribution in [2.45, 2.75) is 26.9 Å². The Kier molecular flexibility index (Phi) is 3.06. The Hall–Kier alpha value is -2.95. The lowest BCUT2D eigenvalue weighted by atomic mass is 10.0. The van der Waals surface area contributed by atoms with Gasteiger partial charge >= 0.3 is 0 Å². The highest BCUT2D eigenvalue weighted by molar-refractivity contribution is 5.97. The lowest BCUT2D eigenvalue weighted by molar-refractivity contribution is -0.114. The second kappa shape index (κ2) is 5.03. The summed E-state index contributed by atoms with van der Waals surface area (Å²) in [5.74, 6) is -0.0586. The smallest absolute Gasteiger partial charge is 0.273 e. The summed E-state index contributed by atoms with van der Waals surface area (Å²) in [6, 6.07) is 11.2. The Bertz CT molecular complexity index is 1180. The summed E-state index contributed by atoms with van der Waals surface area (Å²) in [4.78, 5) is 37.6. The minimum Gasteiger partial charge on any atom is -0.295 e. The molecule has 1 aromatic heterocycles. The first kappa shape index (κ1) is 14.6. The number of rotatable bonds is 1. The zero-order valence-electron chi connectivity index (χ0n) is 13.5. The summed E-state index contributed by atoms with van der Waals surface area (Å²) in [7, 11) is 0. The van der Waals surface area contributed by atoms with Crippen molar-refractivity contribution >= 4 is 27.3 Å². The van der Waals surface area contributed by atoms with E-state index in [1.807, 2.05) is 31.2 Å². The first-order valence-electron chi connectivity index (χ1n) is 7.83.